The van der Waals surface area contributed by atoms with Gasteiger partial charge in [-0.3, -0.25) is 4.57 Å². The van der Waals surface area contributed by atoms with Gasteiger partial charge < -0.3 is 18.4 Å². The zero-order valence-electron chi connectivity index (χ0n) is 13.6. The molecule has 0 unspecified atom stereocenters. The second-order valence-electron chi connectivity index (χ2n) is 6.00. The van der Waals surface area contributed by atoms with Gasteiger partial charge in [-0.05, 0) is 54.3 Å². The van der Waals surface area contributed by atoms with Crippen molar-refractivity contribution < 1.29 is 22.9 Å². The highest BCUT2D eigenvalue weighted by Crippen LogP contribution is 2.49. The molecule has 1 fully saturated rings. The fraction of sp³-hybridized carbons (Fsp3) is 1.00. The first-order valence-electron chi connectivity index (χ1n) is 7.39. The van der Waals surface area contributed by atoms with Crippen LogP contribution in [0.15, 0.2) is 0 Å². The molecule has 0 aromatic carbocycles. The number of rotatable bonds is 8. The first-order valence-corrected chi connectivity index (χ1v) is 9.12. The van der Waals surface area contributed by atoms with Crippen LogP contribution in [-0.4, -0.2) is 37.7 Å². The molecule has 1 heterocycles. The Kier molecular flexibility index (Phi) is 6.30. The molecular formula is C13H28BO5P. The molecule has 1 rings (SSSR count). The second kappa shape index (κ2) is 6.93. The third kappa shape index (κ3) is 4.57. The minimum absolute atomic E-state index is 0.253. The molecule has 0 aromatic rings. The predicted octanol–water partition coefficient (Wildman–Crippen LogP) is 3.73. The summed E-state index contributed by atoms with van der Waals surface area (Å²) in [6.07, 6.45) is 1.78. The van der Waals surface area contributed by atoms with E-state index in [2.05, 4.69) is 0 Å². The fourth-order valence-electron chi connectivity index (χ4n) is 2.09. The fourth-order valence-corrected chi connectivity index (χ4v) is 3.78. The summed E-state index contributed by atoms with van der Waals surface area (Å²) in [6.45, 7) is 12.5. The van der Waals surface area contributed by atoms with Crippen LogP contribution in [0.3, 0.4) is 0 Å². The summed E-state index contributed by atoms with van der Waals surface area (Å²) in [7, 11) is -3.20. The Morgan fingerprint density at radius 2 is 1.45 bits per heavy atom. The van der Waals surface area contributed by atoms with Gasteiger partial charge in [0.15, 0.2) is 0 Å². The molecule has 0 atom stereocenters. The molecule has 0 spiro atoms. The summed E-state index contributed by atoms with van der Waals surface area (Å²) in [5, 5.41) is 0. The molecule has 1 saturated heterocycles. The maximum atomic E-state index is 12.3. The zero-order valence-corrected chi connectivity index (χ0v) is 14.5. The summed E-state index contributed by atoms with van der Waals surface area (Å²) in [6, 6.07) is 0. The van der Waals surface area contributed by atoms with Crippen LogP contribution in [0.1, 0.15) is 48.0 Å². The van der Waals surface area contributed by atoms with Crippen molar-refractivity contribution in [2.45, 2.75) is 65.5 Å². The molecule has 20 heavy (non-hydrogen) atoms. The van der Waals surface area contributed by atoms with Gasteiger partial charge in [-0.2, -0.15) is 0 Å². The van der Waals surface area contributed by atoms with Crippen LogP contribution in [0, 0.1) is 0 Å². The van der Waals surface area contributed by atoms with E-state index in [4.69, 9.17) is 18.4 Å². The minimum Gasteiger partial charge on any atom is -0.403 e. The molecule has 1 aliphatic rings. The molecule has 0 saturated carbocycles. The molecule has 118 valence electrons. The van der Waals surface area contributed by atoms with Crippen molar-refractivity contribution >= 4 is 14.7 Å². The largest absolute Gasteiger partial charge is 0.457 e. The molecule has 0 N–H and O–H groups in total. The van der Waals surface area contributed by atoms with Crippen LogP contribution in [0.2, 0.25) is 6.32 Å². The van der Waals surface area contributed by atoms with Crippen molar-refractivity contribution in [1.29, 1.82) is 0 Å². The molecule has 0 radical (unpaired) electrons. The monoisotopic (exact) mass is 306 g/mol. The van der Waals surface area contributed by atoms with Crippen LogP contribution in [0.4, 0.5) is 0 Å². The van der Waals surface area contributed by atoms with Crippen LogP contribution >= 0.6 is 7.60 Å². The maximum Gasteiger partial charge on any atom is 0.457 e. The van der Waals surface area contributed by atoms with E-state index in [1.165, 1.54) is 0 Å². The van der Waals surface area contributed by atoms with Gasteiger partial charge in [-0.25, -0.2) is 0 Å². The Morgan fingerprint density at radius 1 is 1.00 bits per heavy atom. The normalized spacial score (nSPS) is 21.4. The highest BCUT2D eigenvalue weighted by Gasteiger charge is 2.50. The summed E-state index contributed by atoms with van der Waals surface area (Å²) >= 11 is 0. The first-order chi connectivity index (χ1) is 9.16. The number of hydrogen-bond acceptors (Lipinski definition) is 5. The van der Waals surface area contributed by atoms with Crippen molar-refractivity contribution in [3.05, 3.63) is 0 Å². The average molecular weight is 306 g/mol. The van der Waals surface area contributed by atoms with Crippen molar-refractivity contribution in [2.75, 3.05) is 19.4 Å². The predicted molar refractivity (Wildman–Crippen MR) is 81.2 cm³/mol. The van der Waals surface area contributed by atoms with E-state index in [9.17, 15) is 4.57 Å². The summed E-state index contributed by atoms with van der Waals surface area (Å²) in [5.41, 5.74) is -0.637. The van der Waals surface area contributed by atoms with Crippen LogP contribution in [0.5, 0.6) is 0 Å². The van der Waals surface area contributed by atoms with E-state index >= 15 is 0 Å². The lowest BCUT2D eigenvalue weighted by Gasteiger charge is -2.32. The molecule has 7 heteroatoms. The van der Waals surface area contributed by atoms with Crippen LogP contribution < -0.4 is 0 Å². The zero-order chi connectivity index (χ0) is 15.4. The lowest BCUT2D eigenvalue weighted by atomic mass is 9.83. The van der Waals surface area contributed by atoms with Crippen molar-refractivity contribution in [3.63, 3.8) is 0 Å². The standard InChI is InChI=1S/C13H28BO5P/c1-7-16-20(15,17-8-2)11-9-10-14-18-12(3,4)13(5,6)19-14/h7-11H2,1-6H3. The van der Waals surface area contributed by atoms with E-state index < -0.39 is 7.60 Å². The molecule has 0 bridgehead atoms. The summed E-state index contributed by atoms with van der Waals surface area (Å²) < 4.78 is 34.7. The smallest absolute Gasteiger partial charge is 0.403 e. The lowest BCUT2D eigenvalue weighted by Crippen LogP contribution is -2.41. The minimum atomic E-state index is -2.95. The van der Waals surface area contributed by atoms with E-state index in [0.717, 1.165) is 0 Å². The molecule has 1 aliphatic heterocycles. The van der Waals surface area contributed by atoms with E-state index in [0.29, 0.717) is 32.1 Å². The van der Waals surface area contributed by atoms with E-state index in [-0.39, 0.29) is 18.3 Å². The average Bonchev–Trinajstić information content (AvgIpc) is 2.47. The van der Waals surface area contributed by atoms with Gasteiger partial charge >= 0.3 is 14.7 Å². The second-order valence-corrected chi connectivity index (χ2v) is 8.18. The topological polar surface area (TPSA) is 54.0 Å². The van der Waals surface area contributed by atoms with Gasteiger partial charge in [-0.15, -0.1) is 0 Å². The number of hydrogen-bond donors (Lipinski definition) is 0. The first kappa shape index (κ1) is 18.2. The molecule has 0 amide bonds. The van der Waals surface area contributed by atoms with Gasteiger partial charge in [0.25, 0.3) is 0 Å². The van der Waals surface area contributed by atoms with E-state index in [1.807, 2.05) is 41.5 Å². The Hall–Kier alpha value is 0.135. The maximum absolute atomic E-state index is 12.3. The quantitative estimate of drug-likeness (QED) is 0.505. The van der Waals surface area contributed by atoms with Crippen molar-refractivity contribution in [1.82, 2.24) is 0 Å². The van der Waals surface area contributed by atoms with Crippen molar-refractivity contribution in [3.8, 4) is 0 Å². The Balaban J connectivity index is 2.43. The van der Waals surface area contributed by atoms with Gasteiger partial charge in [-0.1, -0.05) is 0 Å². The van der Waals surface area contributed by atoms with Gasteiger partial charge in [0.2, 0.25) is 0 Å². The molecular weight excluding hydrogens is 278 g/mol. The van der Waals surface area contributed by atoms with E-state index in [1.54, 1.807) is 0 Å². The Labute approximate surface area is 123 Å². The SMILES string of the molecule is CCOP(=O)(CCCB1OC(C)(C)C(C)(C)O1)OCC. The lowest BCUT2D eigenvalue weighted by molar-refractivity contribution is 0.00578. The summed E-state index contributed by atoms with van der Waals surface area (Å²) in [5.74, 6) is 0. The molecule has 0 aliphatic carbocycles. The highest BCUT2D eigenvalue weighted by atomic mass is 31.2. The van der Waals surface area contributed by atoms with Gasteiger partial charge in [0, 0.05) is 6.16 Å². The third-order valence-electron chi connectivity index (χ3n) is 3.83. The van der Waals surface area contributed by atoms with Crippen molar-refractivity contribution in [2.24, 2.45) is 0 Å². The Bertz CT molecular complexity index is 333. The van der Waals surface area contributed by atoms with Crippen LogP contribution in [-0.2, 0) is 22.9 Å². The highest BCUT2D eigenvalue weighted by molar-refractivity contribution is 7.53. The molecule has 5 nitrogen and oxygen atoms in total. The Morgan fingerprint density at radius 3 is 1.85 bits per heavy atom. The summed E-state index contributed by atoms with van der Waals surface area (Å²) in [4.78, 5) is 0. The third-order valence-corrected chi connectivity index (χ3v) is 5.99. The molecule has 0 aromatic heterocycles. The van der Waals surface area contributed by atoms with Gasteiger partial charge in [0.1, 0.15) is 0 Å². The van der Waals surface area contributed by atoms with Gasteiger partial charge in [0.05, 0.1) is 24.4 Å². The van der Waals surface area contributed by atoms with Crippen LogP contribution in [0.25, 0.3) is 0 Å².